The zero-order valence-corrected chi connectivity index (χ0v) is 13.0. The van der Waals surface area contributed by atoms with Gasteiger partial charge in [-0.25, -0.2) is 0 Å². The molecule has 2 unspecified atom stereocenters. The van der Waals surface area contributed by atoms with Crippen LogP contribution in [0.1, 0.15) is 44.6 Å². The standard InChI is InChI=1S/C20H21NO/c1-2-19(22)17-13-20(17)10-7-14(8-11-20)15-9-12-21-18-6-4-3-5-16(15)18/h3-7,9,12,17H,2,8,10-11,13H2,1H3. The largest absolute Gasteiger partial charge is 0.299 e. The molecular weight excluding hydrogens is 270 g/mol. The number of pyridine rings is 1. The lowest BCUT2D eigenvalue weighted by Gasteiger charge is -2.23. The van der Waals surface area contributed by atoms with E-state index >= 15 is 0 Å². The first-order chi connectivity index (χ1) is 10.7. The Balaban J connectivity index is 1.63. The van der Waals surface area contributed by atoms with Gasteiger partial charge in [0.05, 0.1) is 5.52 Å². The van der Waals surface area contributed by atoms with Crippen molar-refractivity contribution in [3.8, 4) is 0 Å². The molecule has 22 heavy (non-hydrogen) atoms. The van der Waals surface area contributed by atoms with Gasteiger partial charge in [-0.3, -0.25) is 9.78 Å². The summed E-state index contributed by atoms with van der Waals surface area (Å²) >= 11 is 0. The van der Waals surface area contributed by atoms with Crippen LogP contribution < -0.4 is 0 Å². The van der Waals surface area contributed by atoms with Crippen molar-refractivity contribution in [1.29, 1.82) is 0 Å². The number of nitrogens with zero attached hydrogens (tertiary/aromatic N) is 1. The van der Waals surface area contributed by atoms with E-state index in [0.29, 0.717) is 23.5 Å². The third kappa shape index (κ3) is 2.09. The average Bonchev–Trinajstić information content (AvgIpc) is 3.28. The zero-order chi connectivity index (χ0) is 15.2. The minimum atomic E-state index is 0.305. The number of fused-ring (bicyclic) bond motifs is 1. The molecule has 1 heterocycles. The first kappa shape index (κ1) is 13.7. The summed E-state index contributed by atoms with van der Waals surface area (Å²) in [6.45, 7) is 1.99. The summed E-state index contributed by atoms with van der Waals surface area (Å²) in [4.78, 5) is 16.4. The smallest absolute Gasteiger partial charge is 0.136 e. The number of hydrogen-bond donors (Lipinski definition) is 0. The molecule has 2 aliphatic carbocycles. The van der Waals surface area contributed by atoms with Gasteiger partial charge < -0.3 is 0 Å². The summed E-state index contributed by atoms with van der Waals surface area (Å²) in [5, 5.41) is 1.24. The van der Waals surface area contributed by atoms with Crippen molar-refractivity contribution in [2.24, 2.45) is 11.3 Å². The number of carbonyl (C=O) groups excluding carboxylic acids is 1. The molecule has 2 nitrogen and oxygen atoms in total. The Morgan fingerprint density at radius 1 is 1.32 bits per heavy atom. The van der Waals surface area contributed by atoms with Crippen molar-refractivity contribution < 1.29 is 4.79 Å². The van der Waals surface area contributed by atoms with Crippen molar-refractivity contribution >= 4 is 22.3 Å². The zero-order valence-electron chi connectivity index (χ0n) is 13.0. The van der Waals surface area contributed by atoms with Gasteiger partial charge in [-0.05, 0) is 54.4 Å². The predicted octanol–water partition coefficient (Wildman–Crippen LogP) is 4.79. The predicted molar refractivity (Wildman–Crippen MR) is 89.4 cm³/mol. The van der Waals surface area contributed by atoms with E-state index in [4.69, 9.17) is 0 Å². The number of hydrogen-bond acceptors (Lipinski definition) is 2. The molecule has 0 N–H and O–H groups in total. The highest BCUT2D eigenvalue weighted by atomic mass is 16.1. The second kappa shape index (κ2) is 5.05. The fourth-order valence-corrected chi connectivity index (χ4v) is 4.09. The Labute approximate surface area is 131 Å². The van der Waals surface area contributed by atoms with Gasteiger partial charge in [0.25, 0.3) is 0 Å². The molecule has 2 aliphatic rings. The summed E-state index contributed by atoms with van der Waals surface area (Å²) in [6.07, 6.45) is 9.40. The van der Waals surface area contributed by atoms with Crippen LogP contribution in [0.25, 0.3) is 16.5 Å². The van der Waals surface area contributed by atoms with Gasteiger partial charge in [0, 0.05) is 23.9 Å². The number of rotatable bonds is 3. The van der Waals surface area contributed by atoms with Crippen LogP contribution in [-0.4, -0.2) is 10.8 Å². The highest BCUT2D eigenvalue weighted by Gasteiger charge is 2.56. The van der Waals surface area contributed by atoms with Crippen LogP contribution in [0.5, 0.6) is 0 Å². The first-order valence-corrected chi connectivity index (χ1v) is 8.29. The topological polar surface area (TPSA) is 30.0 Å². The molecule has 0 radical (unpaired) electrons. The molecule has 0 aliphatic heterocycles. The second-order valence-electron chi connectivity index (χ2n) is 6.75. The summed E-state index contributed by atoms with van der Waals surface area (Å²) in [6, 6.07) is 10.5. The maximum atomic E-state index is 11.9. The van der Waals surface area contributed by atoms with Crippen LogP contribution in [0, 0.1) is 11.3 Å². The van der Waals surface area contributed by atoms with E-state index in [1.54, 1.807) is 0 Å². The Kier molecular flexibility index (Phi) is 3.14. The molecule has 112 valence electrons. The van der Waals surface area contributed by atoms with E-state index in [1.807, 2.05) is 19.2 Å². The van der Waals surface area contributed by atoms with Gasteiger partial charge in [0.1, 0.15) is 5.78 Å². The van der Waals surface area contributed by atoms with E-state index in [1.165, 1.54) is 16.5 Å². The molecular formula is C20H21NO. The number of Topliss-reactive ketones (excluding diaryl/α,β-unsaturated/α-hetero) is 1. The summed E-state index contributed by atoms with van der Waals surface area (Å²) in [5.74, 6) is 0.802. The van der Waals surface area contributed by atoms with E-state index in [9.17, 15) is 4.79 Å². The average molecular weight is 291 g/mol. The lowest BCUT2D eigenvalue weighted by atomic mass is 9.81. The fraction of sp³-hybridized carbons (Fsp3) is 0.400. The van der Waals surface area contributed by atoms with Crippen molar-refractivity contribution in [1.82, 2.24) is 4.98 Å². The highest BCUT2D eigenvalue weighted by Crippen LogP contribution is 2.62. The van der Waals surface area contributed by atoms with Crippen LogP contribution in [0.15, 0.2) is 42.6 Å². The van der Waals surface area contributed by atoms with Crippen LogP contribution in [0.2, 0.25) is 0 Å². The third-order valence-corrected chi connectivity index (χ3v) is 5.57. The van der Waals surface area contributed by atoms with Gasteiger partial charge in [-0.2, -0.15) is 0 Å². The maximum absolute atomic E-state index is 11.9. The third-order valence-electron chi connectivity index (χ3n) is 5.57. The molecule has 0 saturated heterocycles. The van der Waals surface area contributed by atoms with Crippen molar-refractivity contribution in [2.75, 3.05) is 0 Å². The quantitative estimate of drug-likeness (QED) is 0.814. The molecule has 2 heteroatoms. The van der Waals surface area contributed by atoms with E-state index in [0.717, 1.165) is 31.2 Å². The van der Waals surface area contributed by atoms with Crippen LogP contribution in [-0.2, 0) is 4.79 Å². The van der Waals surface area contributed by atoms with Crippen molar-refractivity contribution in [3.05, 3.63) is 48.2 Å². The number of allylic oxidation sites excluding steroid dienone is 2. The van der Waals surface area contributed by atoms with E-state index < -0.39 is 0 Å². The van der Waals surface area contributed by atoms with Gasteiger partial charge in [0.15, 0.2) is 0 Å². The Bertz CT molecular complexity index is 771. The minimum absolute atomic E-state index is 0.305. The van der Waals surface area contributed by atoms with Crippen LogP contribution >= 0.6 is 0 Å². The molecule has 1 saturated carbocycles. The number of aromatic nitrogens is 1. The maximum Gasteiger partial charge on any atom is 0.136 e. The van der Waals surface area contributed by atoms with Gasteiger partial charge >= 0.3 is 0 Å². The summed E-state index contributed by atoms with van der Waals surface area (Å²) in [7, 11) is 0. The lowest BCUT2D eigenvalue weighted by Crippen LogP contribution is -2.13. The number of ketones is 1. The molecule has 1 aromatic heterocycles. The Hall–Kier alpha value is -1.96. The SMILES string of the molecule is CCC(=O)C1CC12CC=C(c1ccnc3ccccc13)CC2. The molecule has 1 fully saturated rings. The minimum Gasteiger partial charge on any atom is -0.299 e. The van der Waals surface area contributed by atoms with Crippen LogP contribution in [0.4, 0.5) is 0 Å². The van der Waals surface area contributed by atoms with Gasteiger partial charge in [-0.15, -0.1) is 0 Å². The number of para-hydroxylation sites is 1. The van der Waals surface area contributed by atoms with Crippen LogP contribution in [0.3, 0.4) is 0 Å². The highest BCUT2D eigenvalue weighted by molar-refractivity contribution is 5.92. The van der Waals surface area contributed by atoms with Gasteiger partial charge in [-0.1, -0.05) is 31.2 Å². The molecule has 0 bridgehead atoms. The second-order valence-corrected chi connectivity index (χ2v) is 6.75. The normalized spacial score (nSPS) is 27.0. The lowest BCUT2D eigenvalue weighted by molar-refractivity contribution is -0.120. The first-order valence-electron chi connectivity index (χ1n) is 8.29. The van der Waals surface area contributed by atoms with E-state index in [2.05, 4.69) is 35.3 Å². The van der Waals surface area contributed by atoms with Crippen molar-refractivity contribution in [2.45, 2.75) is 39.0 Å². The molecule has 2 aromatic rings. The molecule has 2 atom stereocenters. The van der Waals surface area contributed by atoms with E-state index in [-0.39, 0.29) is 0 Å². The monoisotopic (exact) mass is 291 g/mol. The number of benzene rings is 1. The molecule has 1 spiro atoms. The number of carbonyl (C=O) groups is 1. The van der Waals surface area contributed by atoms with Crippen molar-refractivity contribution in [3.63, 3.8) is 0 Å². The summed E-state index contributed by atoms with van der Waals surface area (Å²) < 4.78 is 0. The van der Waals surface area contributed by atoms with Gasteiger partial charge in [0.2, 0.25) is 0 Å². The molecule has 1 aromatic carbocycles. The summed E-state index contributed by atoms with van der Waals surface area (Å²) in [5.41, 5.74) is 4.12. The molecule has 0 amide bonds. The Morgan fingerprint density at radius 3 is 2.95 bits per heavy atom. The fourth-order valence-electron chi connectivity index (χ4n) is 4.09. The Morgan fingerprint density at radius 2 is 2.18 bits per heavy atom. The molecule has 4 rings (SSSR count).